The lowest BCUT2D eigenvalue weighted by molar-refractivity contribution is 0.336. The number of pyridine rings is 1. The summed E-state index contributed by atoms with van der Waals surface area (Å²) in [5, 5.41) is 0.756. The Morgan fingerprint density at radius 2 is 1.73 bits per heavy atom. The summed E-state index contributed by atoms with van der Waals surface area (Å²) in [7, 11) is -1.08. The van der Waals surface area contributed by atoms with Crippen molar-refractivity contribution in [1.29, 1.82) is 0 Å². The molecule has 2 atom stereocenters. The number of rotatable bonds is 5. The first kappa shape index (κ1) is 15.4. The van der Waals surface area contributed by atoms with Crippen LogP contribution in [0.1, 0.15) is 49.3 Å². The predicted octanol–water partition coefficient (Wildman–Crippen LogP) is 4.90. The minimum Gasteiger partial charge on any atom is -0.252 e. The van der Waals surface area contributed by atoms with Gasteiger partial charge in [0.05, 0.1) is 16.0 Å². The summed E-state index contributed by atoms with van der Waals surface area (Å²) in [5.41, 5.74) is 1.18. The Bertz CT molecular complexity index is 593. The van der Waals surface area contributed by atoms with E-state index in [-0.39, 0.29) is 5.25 Å². The summed E-state index contributed by atoms with van der Waals surface area (Å²) in [4.78, 5) is 4.32. The van der Waals surface area contributed by atoms with Gasteiger partial charge >= 0.3 is 0 Å². The van der Waals surface area contributed by atoms with Crippen molar-refractivity contribution in [3.05, 3.63) is 60.3 Å². The molecular weight excluding hydrogens is 290 g/mol. The molecule has 0 saturated heterocycles. The molecular formula is C19H23NOS. The summed E-state index contributed by atoms with van der Waals surface area (Å²) < 4.78 is 13.1. The van der Waals surface area contributed by atoms with E-state index in [1.807, 2.05) is 36.4 Å². The monoisotopic (exact) mass is 313 g/mol. The van der Waals surface area contributed by atoms with Crippen LogP contribution in [0.5, 0.6) is 0 Å². The van der Waals surface area contributed by atoms with E-state index in [0.29, 0.717) is 10.9 Å². The first-order valence-electron chi connectivity index (χ1n) is 8.21. The van der Waals surface area contributed by atoms with Gasteiger partial charge in [-0.3, -0.25) is 4.21 Å². The second kappa shape index (κ2) is 7.68. The number of hydrogen-bond acceptors (Lipinski definition) is 2. The number of aromatic nitrogens is 1. The van der Waals surface area contributed by atoms with Gasteiger partial charge < -0.3 is 0 Å². The molecule has 1 fully saturated rings. The lowest BCUT2D eigenvalue weighted by Gasteiger charge is -2.26. The maximum atomic E-state index is 13.1. The van der Waals surface area contributed by atoms with Gasteiger partial charge in [-0.25, -0.2) is 4.98 Å². The smallest absolute Gasteiger partial charge is 0.127 e. The number of nitrogens with zero attached hydrogens (tertiary/aromatic N) is 1. The van der Waals surface area contributed by atoms with Gasteiger partial charge in [-0.2, -0.15) is 0 Å². The van der Waals surface area contributed by atoms with Crippen LogP contribution in [0.2, 0.25) is 0 Å². The van der Waals surface area contributed by atoms with E-state index in [9.17, 15) is 4.21 Å². The van der Waals surface area contributed by atoms with Crippen LogP contribution in [0.15, 0.2) is 59.8 Å². The molecule has 1 unspecified atom stereocenters. The summed E-state index contributed by atoms with van der Waals surface area (Å²) in [5.74, 6) is 0.701. The zero-order valence-electron chi connectivity index (χ0n) is 12.9. The molecule has 22 heavy (non-hydrogen) atoms. The Kier molecular flexibility index (Phi) is 5.38. The standard InChI is InChI=1S/C19H23NOS/c21-22(19-13-7-8-14-20-19)18(17-11-5-2-6-12-17)15-16-9-3-1-4-10-16/h2,5-8,11-14,16,18H,1,3-4,9-10,15H2/t18-,22?/m0/s1. The van der Waals surface area contributed by atoms with Gasteiger partial charge in [0.2, 0.25) is 0 Å². The lowest BCUT2D eigenvalue weighted by atomic mass is 9.85. The van der Waals surface area contributed by atoms with Crippen LogP contribution in [0.4, 0.5) is 0 Å². The fraction of sp³-hybridized carbons (Fsp3) is 0.421. The van der Waals surface area contributed by atoms with Crippen LogP contribution in [-0.4, -0.2) is 9.19 Å². The third-order valence-corrected chi connectivity index (χ3v) is 6.18. The van der Waals surface area contributed by atoms with Crippen molar-refractivity contribution >= 4 is 10.8 Å². The third kappa shape index (κ3) is 3.83. The molecule has 3 heteroatoms. The van der Waals surface area contributed by atoms with Gasteiger partial charge in [-0.05, 0) is 30.0 Å². The SMILES string of the molecule is O=S(c1ccccn1)[C@@H](CC1CCCCC1)c1ccccc1. The van der Waals surface area contributed by atoms with Gasteiger partial charge in [-0.1, -0.05) is 68.5 Å². The molecule has 1 aromatic carbocycles. The predicted molar refractivity (Wildman–Crippen MR) is 91.0 cm³/mol. The maximum Gasteiger partial charge on any atom is 0.127 e. The fourth-order valence-electron chi connectivity index (χ4n) is 3.35. The van der Waals surface area contributed by atoms with E-state index in [4.69, 9.17) is 0 Å². The van der Waals surface area contributed by atoms with Gasteiger partial charge in [0, 0.05) is 6.20 Å². The van der Waals surface area contributed by atoms with Crippen molar-refractivity contribution in [3.63, 3.8) is 0 Å². The molecule has 0 bridgehead atoms. The Morgan fingerprint density at radius 1 is 1.00 bits per heavy atom. The molecule has 2 aromatic rings. The van der Waals surface area contributed by atoms with Crippen molar-refractivity contribution in [2.75, 3.05) is 0 Å². The topological polar surface area (TPSA) is 30.0 Å². The van der Waals surface area contributed by atoms with E-state index in [1.165, 1.54) is 37.7 Å². The Labute approximate surface area is 135 Å². The zero-order chi connectivity index (χ0) is 15.2. The van der Waals surface area contributed by atoms with Crippen molar-refractivity contribution in [2.24, 2.45) is 5.92 Å². The van der Waals surface area contributed by atoms with Crippen molar-refractivity contribution in [1.82, 2.24) is 4.98 Å². The number of hydrogen-bond donors (Lipinski definition) is 0. The van der Waals surface area contributed by atoms with E-state index < -0.39 is 10.8 Å². The highest BCUT2D eigenvalue weighted by atomic mass is 32.2. The minimum atomic E-state index is -1.08. The molecule has 3 rings (SSSR count). The van der Waals surface area contributed by atoms with E-state index in [2.05, 4.69) is 17.1 Å². The average Bonchev–Trinajstić information content (AvgIpc) is 2.61. The highest BCUT2D eigenvalue weighted by molar-refractivity contribution is 7.85. The molecule has 2 nitrogen and oxygen atoms in total. The molecule has 0 N–H and O–H groups in total. The van der Waals surface area contributed by atoms with Crippen LogP contribution in [0.25, 0.3) is 0 Å². The second-order valence-corrected chi connectivity index (χ2v) is 7.69. The van der Waals surface area contributed by atoms with Crippen LogP contribution < -0.4 is 0 Å². The molecule has 1 aliphatic carbocycles. The number of benzene rings is 1. The van der Waals surface area contributed by atoms with E-state index >= 15 is 0 Å². The highest BCUT2D eigenvalue weighted by Gasteiger charge is 2.26. The Hall–Kier alpha value is -1.48. The molecule has 1 saturated carbocycles. The first-order chi connectivity index (χ1) is 10.8. The summed E-state index contributed by atoms with van der Waals surface area (Å²) in [6.07, 6.45) is 9.30. The van der Waals surface area contributed by atoms with Gasteiger partial charge in [0.15, 0.2) is 0 Å². The molecule has 0 amide bonds. The minimum absolute atomic E-state index is 0.0548. The van der Waals surface area contributed by atoms with Crippen molar-refractivity contribution < 1.29 is 4.21 Å². The largest absolute Gasteiger partial charge is 0.252 e. The van der Waals surface area contributed by atoms with Crippen molar-refractivity contribution in [3.8, 4) is 0 Å². The highest BCUT2D eigenvalue weighted by Crippen LogP contribution is 2.36. The quantitative estimate of drug-likeness (QED) is 0.785. The lowest BCUT2D eigenvalue weighted by Crippen LogP contribution is -2.15. The van der Waals surface area contributed by atoms with Crippen LogP contribution in [0.3, 0.4) is 0 Å². The molecule has 1 aliphatic rings. The molecule has 0 aliphatic heterocycles. The third-order valence-electron chi connectivity index (χ3n) is 4.55. The first-order valence-corrected chi connectivity index (χ1v) is 9.42. The average molecular weight is 313 g/mol. The molecule has 0 spiro atoms. The molecule has 0 radical (unpaired) electrons. The normalized spacial score (nSPS) is 18.7. The summed E-state index contributed by atoms with van der Waals surface area (Å²) >= 11 is 0. The zero-order valence-corrected chi connectivity index (χ0v) is 13.7. The van der Waals surface area contributed by atoms with E-state index in [0.717, 1.165) is 6.42 Å². The fourth-order valence-corrected chi connectivity index (χ4v) is 4.87. The maximum absolute atomic E-state index is 13.1. The second-order valence-electron chi connectivity index (χ2n) is 6.10. The van der Waals surface area contributed by atoms with Crippen LogP contribution in [0, 0.1) is 5.92 Å². The van der Waals surface area contributed by atoms with Crippen LogP contribution in [-0.2, 0) is 10.8 Å². The Balaban J connectivity index is 1.84. The van der Waals surface area contributed by atoms with E-state index in [1.54, 1.807) is 6.20 Å². The summed E-state index contributed by atoms with van der Waals surface area (Å²) in [6.45, 7) is 0. The summed E-state index contributed by atoms with van der Waals surface area (Å²) in [6, 6.07) is 16.0. The molecule has 1 aromatic heterocycles. The molecule has 116 valence electrons. The van der Waals surface area contributed by atoms with Gasteiger partial charge in [0.1, 0.15) is 5.03 Å². The Morgan fingerprint density at radius 3 is 2.41 bits per heavy atom. The molecule has 1 heterocycles. The van der Waals surface area contributed by atoms with Crippen LogP contribution >= 0.6 is 0 Å². The van der Waals surface area contributed by atoms with Crippen molar-refractivity contribution in [2.45, 2.75) is 48.8 Å². The van der Waals surface area contributed by atoms with Gasteiger partial charge in [-0.15, -0.1) is 0 Å². The van der Waals surface area contributed by atoms with Gasteiger partial charge in [0.25, 0.3) is 0 Å².